The number of para-hydroxylation sites is 1. The van der Waals surface area contributed by atoms with Gasteiger partial charge in [-0.25, -0.2) is 5.43 Å². The lowest BCUT2D eigenvalue weighted by atomic mass is 10.1. The molecule has 0 heterocycles. The molecule has 0 bridgehead atoms. The van der Waals surface area contributed by atoms with Gasteiger partial charge in [0.25, 0.3) is 5.91 Å². The number of carbonyl (C=O) groups excluding carboxylic acids is 1. The lowest BCUT2D eigenvalue weighted by molar-refractivity contribution is -0.0498. The van der Waals surface area contributed by atoms with Crippen molar-refractivity contribution in [2.24, 2.45) is 5.10 Å². The van der Waals surface area contributed by atoms with Crippen molar-refractivity contribution in [1.82, 2.24) is 5.43 Å². The lowest BCUT2D eigenvalue weighted by Gasteiger charge is -2.07. The highest BCUT2D eigenvalue weighted by molar-refractivity contribution is 6.00. The second-order valence-electron chi connectivity index (χ2n) is 6.34. The molecule has 0 atom stereocenters. The van der Waals surface area contributed by atoms with Crippen molar-refractivity contribution in [2.75, 3.05) is 0 Å². The van der Waals surface area contributed by atoms with Crippen LogP contribution < -0.4 is 14.9 Å². The molecule has 0 aromatic heterocycles. The minimum absolute atomic E-state index is 0.0573. The number of rotatable bonds is 8. The molecular formula is C23H20F2N2O3. The Bertz CT molecular complexity index is 989. The first-order valence-electron chi connectivity index (χ1n) is 9.18. The van der Waals surface area contributed by atoms with Crippen molar-refractivity contribution < 1.29 is 23.0 Å². The van der Waals surface area contributed by atoms with Crippen LogP contribution in [-0.4, -0.2) is 18.2 Å². The largest absolute Gasteiger partial charge is 0.489 e. The highest BCUT2D eigenvalue weighted by Crippen LogP contribution is 2.15. The molecule has 0 aliphatic heterocycles. The summed E-state index contributed by atoms with van der Waals surface area (Å²) in [5.41, 5.74) is 5.07. The summed E-state index contributed by atoms with van der Waals surface area (Å²) in [5, 5.41) is 4.06. The first-order chi connectivity index (χ1) is 14.5. The van der Waals surface area contributed by atoms with Gasteiger partial charge in [0, 0.05) is 5.56 Å². The molecule has 1 amide bonds. The van der Waals surface area contributed by atoms with E-state index >= 15 is 0 Å². The molecule has 0 saturated heterocycles. The minimum Gasteiger partial charge on any atom is -0.489 e. The van der Waals surface area contributed by atoms with Gasteiger partial charge in [0.15, 0.2) is 0 Å². The number of nitrogens with zero attached hydrogens (tertiary/aromatic N) is 1. The summed E-state index contributed by atoms with van der Waals surface area (Å²) in [6.45, 7) is -0.775. The fourth-order valence-corrected chi connectivity index (χ4v) is 2.58. The Morgan fingerprint density at radius 3 is 2.17 bits per heavy atom. The quantitative estimate of drug-likeness (QED) is 0.419. The van der Waals surface area contributed by atoms with Gasteiger partial charge in [-0.15, -0.1) is 0 Å². The van der Waals surface area contributed by atoms with Gasteiger partial charge in [0.05, 0.1) is 5.71 Å². The molecule has 154 valence electrons. The van der Waals surface area contributed by atoms with Crippen molar-refractivity contribution in [3.63, 3.8) is 0 Å². The molecule has 1 N–H and O–H groups in total. The maximum Gasteiger partial charge on any atom is 0.387 e. The van der Waals surface area contributed by atoms with Crippen LogP contribution in [0.5, 0.6) is 11.5 Å². The molecule has 30 heavy (non-hydrogen) atoms. The monoisotopic (exact) mass is 410 g/mol. The maximum atomic E-state index is 12.3. The highest BCUT2D eigenvalue weighted by atomic mass is 19.3. The van der Waals surface area contributed by atoms with E-state index in [1.165, 1.54) is 12.1 Å². The van der Waals surface area contributed by atoms with Crippen LogP contribution >= 0.6 is 0 Å². The Labute approximate surface area is 173 Å². The van der Waals surface area contributed by atoms with E-state index in [0.29, 0.717) is 23.4 Å². The summed E-state index contributed by atoms with van der Waals surface area (Å²) >= 11 is 0. The average molecular weight is 410 g/mol. The van der Waals surface area contributed by atoms with Crippen molar-refractivity contribution in [3.8, 4) is 11.5 Å². The third-order valence-corrected chi connectivity index (χ3v) is 4.19. The van der Waals surface area contributed by atoms with E-state index < -0.39 is 6.61 Å². The van der Waals surface area contributed by atoms with Crippen molar-refractivity contribution in [1.29, 1.82) is 0 Å². The predicted molar refractivity (Wildman–Crippen MR) is 110 cm³/mol. The van der Waals surface area contributed by atoms with Gasteiger partial charge in [-0.2, -0.15) is 13.9 Å². The van der Waals surface area contributed by atoms with Gasteiger partial charge in [-0.3, -0.25) is 4.79 Å². The highest BCUT2D eigenvalue weighted by Gasteiger charge is 2.07. The Kier molecular flexibility index (Phi) is 7.10. The zero-order valence-electron chi connectivity index (χ0n) is 16.2. The lowest BCUT2D eigenvalue weighted by Crippen LogP contribution is -2.19. The molecule has 7 heteroatoms. The van der Waals surface area contributed by atoms with Gasteiger partial charge >= 0.3 is 6.61 Å². The van der Waals surface area contributed by atoms with E-state index in [-0.39, 0.29) is 11.7 Å². The zero-order valence-corrected chi connectivity index (χ0v) is 16.2. The van der Waals surface area contributed by atoms with Crippen LogP contribution in [0.2, 0.25) is 0 Å². The first-order valence-corrected chi connectivity index (χ1v) is 9.18. The van der Waals surface area contributed by atoms with E-state index in [9.17, 15) is 13.6 Å². The number of amides is 1. The minimum atomic E-state index is -2.87. The van der Waals surface area contributed by atoms with E-state index in [1.807, 2.05) is 42.5 Å². The van der Waals surface area contributed by atoms with Crippen molar-refractivity contribution >= 4 is 11.6 Å². The summed E-state index contributed by atoms with van der Waals surface area (Å²) in [7, 11) is 0. The normalized spacial score (nSPS) is 11.3. The molecule has 0 aliphatic carbocycles. The molecule has 0 aliphatic rings. The summed E-state index contributed by atoms with van der Waals surface area (Å²) in [4.78, 5) is 12.3. The van der Waals surface area contributed by atoms with Crippen molar-refractivity contribution in [3.05, 3.63) is 95.6 Å². The molecular weight excluding hydrogens is 390 g/mol. The Balaban J connectivity index is 1.54. The Morgan fingerprint density at radius 2 is 1.53 bits per heavy atom. The Hall–Kier alpha value is -3.74. The predicted octanol–water partition coefficient (Wildman–Crippen LogP) is 5.02. The first kappa shape index (κ1) is 21.0. The maximum absolute atomic E-state index is 12.3. The number of hydrogen-bond donors (Lipinski definition) is 1. The number of nitrogens with one attached hydrogen (secondary N) is 1. The molecule has 0 saturated carbocycles. The fourth-order valence-electron chi connectivity index (χ4n) is 2.58. The number of alkyl halides is 2. The number of ether oxygens (including phenoxy) is 2. The molecule has 0 fully saturated rings. The van der Waals surface area contributed by atoms with E-state index in [4.69, 9.17) is 4.74 Å². The van der Waals surface area contributed by atoms with Gasteiger partial charge in [0.2, 0.25) is 0 Å². The smallest absolute Gasteiger partial charge is 0.387 e. The summed E-state index contributed by atoms with van der Waals surface area (Å²) in [6.07, 6.45) is 0. The number of carbonyl (C=O) groups is 1. The second kappa shape index (κ2) is 10.2. The van der Waals surface area contributed by atoms with Crippen LogP contribution in [0.1, 0.15) is 28.4 Å². The molecule has 5 nitrogen and oxygen atoms in total. The third-order valence-electron chi connectivity index (χ3n) is 4.19. The molecule has 3 rings (SSSR count). The third kappa shape index (κ3) is 6.13. The molecule has 0 spiro atoms. The Morgan fingerprint density at radius 1 is 0.900 bits per heavy atom. The summed E-state index contributed by atoms with van der Waals surface area (Å²) < 4.78 is 34.4. The standard InChI is InChI=1S/C23H20F2N2O3/c1-16(18-11-13-21(14-12-18)30-23(24)25)26-27-22(28)19-9-7-17(8-10-19)15-29-20-5-3-2-4-6-20/h2-14,23H,15H2,1H3,(H,27,28)/b26-16-. The average Bonchev–Trinajstić information content (AvgIpc) is 2.77. The van der Waals surface area contributed by atoms with Crippen LogP contribution in [0.25, 0.3) is 0 Å². The number of hydrazone groups is 1. The fraction of sp³-hybridized carbons (Fsp3) is 0.130. The molecule has 3 aromatic carbocycles. The van der Waals surface area contributed by atoms with Crippen LogP contribution in [0, 0.1) is 0 Å². The molecule has 0 radical (unpaired) electrons. The van der Waals surface area contributed by atoms with Gasteiger partial charge < -0.3 is 9.47 Å². The summed E-state index contributed by atoms with van der Waals surface area (Å²) in [6, 6.07) is 22.5. The topological polar surface area (TPSA) is 59.9 Å². The van der Waals surface area contributed by atoms with E-state index in [0.717, 1.165) is 11.3 Å². The number of halogens is 2. The number of hydrogen-bond acceptors (Lipinski definition) is 4. The van der Waals surface area contributed by atoms with Gasteiger partial charge in [-0.1, -0.05) is 30.3 Å². The van der Waals surface area contributed by atoms with Gasteiger partial charge in [0.1, 0.15) is 18.1 Å². The zero-order chi connectivity index (χ0) is 21.3. The van der Waals surface area contributed by atoms with Crippen LogP contribution in [0.3, 0.4) is 0 Å². The van der Waals surface area contributed by atoms with Crippen LogP contribution in [-0.2, 0) is 6.61 Å². The van der Waals surface area contributed by atoms with Gasteiger partial charge in [-0.05, 0) is 66.6 Å². The van der Waals surface area contributed by atoms with E-state index in [1.54, 1.807) is 31.2 Å². The van der Waals surface area contributed by atoms with Crippen LogP contribution in [0.4, 0.5) is 8.78 Å². The molecule has 3 aromatic rings. The summed E-state index contributed by atoms with van der Waals surface area (Å²) in [5.74, 6) is 0.474. The van der Waals surface area contributed by atoms with Crippen LogP contribution in [0.15, 0.2) is 84.0 Å². The van der Waals surface area contributed by atoms with E-state index in [2.05, 4.69) is 15.3 Å². The van der Waals surface area contributed by atoms with Crippen molar-refractivity contribution in [2.45, 2.75) is 20.1 Å². The molecule has 0 unspecified atom stereocenters. The second-order valence-corrected chi connectivity index (χ2v) is 6.34. The number of benzene rings is 3. The SMILES string of the molecule is C/C(=N/NC(=O)c1ccc(COc2ccccc2)cc1)c1ccc(OC(F)F)cc1.